The Kier molecular flexibility index (Phi) is 4.65. The zero-order valence-corrected chi connectivity index (χ0v) is 16.3. The van der Waals surface area contributed by atoms with Gasteiger partial charge in [0.25, 0.3) is 0 Å². The molecule has 0 bridgehead atoms. The number of nitrogens with zero attached hydrogens (tertiary/aromatic N) is 5. The molecule has 3 aliphatic rings. The highest BCUT2D eigenvalue weighted by molar-refractivity contribution is 5.49. The number of tetrazole rings is 1. The summed E-state index contributed by atoms with van der Waals surface area (Å²) in [6.07, 6.45) is 2.77. The minimum atomic E-state index is -0.0774. The molecule has 3 fully saturated rings. The fraction of sp³-hybridized carbons (Fsp3) is 0.632. The third-order valence-corrected chi connectivity index (χ3v) is 5.85. The van der Waals surface area contributed by atoms with Crippen LogP contribution in [0.2, 0.25) is 0 Å². The molecule has 4 atom stereocenters. The van der Waals surface area contributed by atoms with E-state index in [9.17, 15) is 0 Å². The van der Waals surface area contributed by atoms with Gasteiger partial charge in [0.2, 0.25) is 0 Å². The van der Waals surface area contributed by atoms with Crippen LogP contribution in [0, 0.1) is 5.92 Å². The molecule has 2 aliphatic heterocycles. The largest absolute Gasteiger partial charge is 0.423 e. The topological polar surface area (TPSA) is 91.1 Å². The van der Waals surface area contributed by atoms with Gasteiger partial charge in [-0.15, -0.1) is 0 Å². The van der Waals surface area contributed by atoms with Crippen LogP contribution < -0.4 is 15.0 Å². The van der Waals surface area contributed by atoms with Crippen LogP contribution in [-0.4, -0.2) is 72.3 Å². The lowest BCUT2D eigenvalue weighted by Gasteiger charge is -2.17. The van der Waals surface area contributed by atoms with Crippen molar-refractivity contribution < 1.29 is 19.5 Å². The fourth-order valence-corrected chi connectivity index (χ4v) is 4.03. The van der Waals surface area contributed by atoms with Crippen molar-refractivity contribution in [3.63, 3.8) is 0 Å². The Hall–Kier alpha value is -2.23. The predicted molar refractivity (Wildman–Crippen MR) is 100 cm³/mol. The predicted octanol–water partition coefficient (Wildman–Crippen LogP) is 0.212. The summed E-state index contributed by atoms with van der Waals surface area (Å²) in [6, 6.07) is 8.47. The molecule has 1 aliphatic carbocycles. The molecule has 28 heavy (non-hydrogen) atoms. The van der Waals surface area contributed by atoms with Crippen LogP contribution in [-0.2, 0) is 9.47 Å². The highest BCUT2D eigenvalue weighted by Gasteiger charge is 2.51. The summed E-state index contributed by atoms with van der Waals surface area (Å²) in [5.74, 6) is 1.58. The highest BCUT2D eigenvalue weighted by Crippen LogP contribution is 2.35. The molecule has 0 radical (unpaired) electrons. The second-order valence-electron chi connectivity index (χ2n) is 8.14. The van der Waals surface area contributed by atoms with E-state index in [0.29, 0.717) is 31.0 Å². The van der Waals surface area contributed by atoms with E-state index in [4.69, 9.17) is 14.2 Å². The van der Waals surface area contributed by atoms with Crippen molar-refractivity contribution in [1.82, 2.24) is 20.2 Å². The van der Waals surface area contributed by atoms with E-state index >= 15 is 0 Å². The van der Waals surface area contributed by atoms with Gasteiger partial charge in [-0.25, -0.2) is 0 Å². The lowest BCUT2D eigenvalue weighted by Crippen LogP contribution is -2.93. The maximum Gasteiger partial charge on any atom is 0.341 e. The van der Waals surface area contributed by atoms with Crippen molar-refractivity contribution in [1.29, 1.82) is 0 Å². The molecule has 1 aromatic carbocycles. The number of aromatic nitrogens is 4. The number of hydrogen-bond acceptors (Lipinski definition) is 7. The Bertz CT molecular complexity index is 824. The maximum atomic E-state index is 6.10. The van der Waals surface area contributed by atoms with Crippen LogP contribution >= 0.6 is 0 Å². The van der Waals surface area contributed by atoms with E-state index in [1.165, 1.54) is 19.4 Å². The van der Waals surface area contributed by atoms with Gasteiger partial charge >= 0.3 is 6.01 Å². The van der Waals surface area contributed by atoms with Crippen molar-refractivity contribution in [2.24, 2.45) is 5.92 Å². The van der Waals surface area contributed by atoms with Gasteiger partial charge < -0.3 is 24.4 Å². The molecule has 2 saturated heterocycles. The first-order valence-corrected chi connectivity index (χ1v) is 9.98. The Labute approximate surface area is 163 Å². The summed E-state index contributed by atoms with van der Waals surface area (Å²) in [5, 5.41) is 14.5. The zero-order chi connectivity index (χ0) is 19.1. The average molecular weight is 387 g/mol. The van der Waals surface area contributed by atoms with Crippen molar-refractivity contribution in [3.05, 3.63) is 24.3 Å². The van der Waals surface area contributed by atoms with Gasteiger partial charge in [-0.3, -0.25) is 0 Å². The summed E-state index contributed by atoms with van der Waals surface area (Å²) < 4.78 is 19.9. The summed E-state index contributed by atoms with van der Waals surface area (Å²) >= 11 is 0. The minimum Gasteiger partial charge on any atom is -0.423 e. The molecule has 5 rings (SSSR count). The van der Waals surface area contributed by atoms with Crippen LogP contribution in [0.3, 0.4) is 0 Å². The van der Waals surface area contributed by atoms with Gasteiger partial charge in [-0.05, 0) is 35.4 Å². The number of hydrogen-bond donors (Lipinski definition) is 1. The Morgan fingerprint density at radius 3 is 2.89 bits per heavy atom. The van der Waals surface area contributed by atoms with Gasteiger partial charge in [0.05, 0.1) is 13.2 Å². The third kappa shape index (κ3) is 3.45. The molecule has 0 amide bonds. The van der Waals surface area contributed by atoms with Gasteiger partial charge in [-0.2, -0.15) is 4.68 Å². The van der Waals surface area contributed by atoms with Crippen molar-refractivity contribution in [2.45, 2.75) is 37.1 Å². The standard InChI is InChI=1S/C19H26N6O3/c1-24(2)13-4-3-5-14(8-13)28-19-21-22-23-25(19)16-11-27-17-15(10-26-18(16)17)20-9-12-6-7-12/h3-5,8,12,15-18,20H,6-7,9-11H2,1-2H3/p+1/t15-,16-,17+,18+/m0/s1. The fourth-order valence-electron chi connectivity index (χ4n) is 4.03. The molecule has 0 spiro atoms. The highest BCUT2D eigenvalue weighted by atomic mass is 16.6. The second kappa shape index (κ2) is 7.31. The quantitative estimate of drug-likeness (QED) is 0.726. The lowest BCUT2D eigenvalue weighted by atomic mass is 10.1. The van der Waals surface area contributed by atoms with Crippen LogP contribution in [0.5, 0.6) is 11.8 Å². The summed E-state index contributed by atoms with van der Waals surface area (Å²) in [4.78, 5) is 2.02. The molecular weight excluding hydrogens is 360 g/mol. The van der Waals surface area contributed by atoms with Gasteiger partial charge in [0.1, 0.15) is 36.6 Å². The van der Waals surface area contributed by atoms with E-state index in [1.807, 2.05) is 43.3 Å². The van der Waals surface area contributed by atoms with Gasteiger partial charge in [-0.1, -0.05) is 11.2 Å². The Morgan fingerprint density at radius 1 is 1.21 bits per heavy atom. The van der Waals surface area contributed by atoms with Crippen LogP contribution in [0.4, 0.5) is 5.69 Å². The third-order valence-electron chi connectivity index (χ3n) is 5.85. The van der Waals surface area contributed by atoms with Crippen LogP contribution in [0.1, 0.15) is 18.9 Å². The number of nitrogens with two attached hydrogens (primary N) is 1. The van der Waals surface area contributed by atoms with E-state index in [1.54, 1.807) is 4.68 Å². The van der Waals surface area contributed by atoms with Crippen molar-refractivity contribution in [2.75, 3.05) is 38.8 Å². The number of fused-ring (bicyclic) bond motifs is 1. The first-order valence-electron chi connectivity index (χ1n) is 9.98. The van der Waals surface area contributed by atoms with Gasteiger partial charge in [0.15, 0.2) is 0 Å². The summed E-state index contributed by atoms with van der Waals surface area (Å²) in [7, 11) is 3.99. The SMILES string of the molecule is CN(C)c1cccc(Oc2nnnn2[C@H]2CO[C@H]3[C@@H]2OC[C@@H]3[NH2+]CC2CC2)c1. The maximum absolute atomic E-state index is 6.10. The minimum absolute atomic E-state index is 0.0422. The number of benzene rings is 1. The van der Waals surface area contributed by atoms with E-state index in [0.717, 1.165) is 11.6 Å². The molecule has 2 aromatic rings. The molecule has 0 unspecified atom stereocenters. The molecule has 9 nitrogen and oxygen atoms in total. The molecule has 2 N–H and O–H groups in total. The summed E-state index contributed by atoms with van der Waals surface area (Å²) in [6.45, 7) is 2.41. The van der Waals surface area contributed by atoms with E-state index in [2.05, 4.69) is 20.8 Å². The second-order valence-corrected chi connectivity index (χ2v) is 8.14. The van der Waals surface area contributed by atoms with Crippen molar-refractivity contribution >= 4 is 5.69 Å². The number of anilines is 1. The zero-order valence-electron chi connectivity index (χ0n) is 16.3. The first kappa shape index (κ1) is 17.8. The summed E-state index contributed by atoms with van der Waals surface area (Å²) in [5.41, 5.74) is 1.05. The normalized spacial score (nSPS) is 29.1. The molecule has 1 aromatic heterocycles. The van der Waals surface area contributed by atoms with Gasteiger partial charge in [0, 0.05) is 31.8 Å². The smallest absolute Gasteiger partial charge is 0.341 e. The molecular formula is C19H27N6O3+. The Morgan fingerprint density at radius 2 is 2.07 bits per heavy atom. The lowest BCUT2D eigenvalue weighted by molar-refractivity contribution is -0.695. The number of ether oxygens (including phenoxy) is 3. The Balaban J connectivity index is 1.29. The molecule has 9 heteroatoms. The van der Waals surface area contributed by atoms with Crippen LogP contribution in [0.15, 0.2) is 24.3 Å². The van der Waals surface area contributed by atoms with E-state index < -0.39 is 0 Å². The number of quaternary nitrogens is 1. The van der Waals surface area contributed by atoms with E-state index in [-0.39, 0.29) is 18.2 Å². The molecule has 1 saturated carbocycles. The average Bonchev–Trinajstić information content (AvgIpc) is 3.08. The van der Waals surface area contributed by atoms with Crippen molar-refractivity contribution in [3.8, 4) is 11.8 Å². The molecule has 3 heterocycles. The monoisotopic (exact) mass is 387 g/mol. The number of rotatable bonds is 7. The molecule has 150 valence electrons. The van der Waals surface area contributed by atoms with Crippen LogP contribution in [0.25, 0.3) is 0 Å². The first-order chi connectivity index (χ1) is 13.7.